The summed E-state index contributed by atoms with van der Waals surface area (Å²) in [6, 6.07) is 32.6. The van der Waals surface area contributed by atoms with Crippen LogP contribution in [0.4, 0.5) is 0 Å². The fourth-order valence-corrected chi connectivity index (χ4v) is 4.18. The third-order valence-corrected chi connectivity index (χ3v) is 6.25. The van der Waals surface area contributed by atoms with Gasteiger partial charge in [0.1, 0.15) is 23.0 Å². The van der Waals surface area contributed by atoms with E-state index in [1.165, 1.54) is 0 Å². The molecule has 4 rings (SSSR count). The zero-order valence-corrected chi connectivity index (χ0v) is 21.7. The van der Waals surface area contributed by atoms with Crippen LogP contribution < -0.4 is 18.9 Å². The molecule has 4 aromatic carbocycles. The minimum Gasteiger partial charge on any atom is -0.497 e. The van der Waals surface area contributed by atoms with E-state index in [4.69, 9.17) is 18.9 Å². The summed E-state index contributed by atoms with van der Waals surface area (Å²) in [5, 5.41) is 0. The Morgan fingerprint density at radius 2 is 0.622 bits per heavy atom. The fraction of sp³-hybridized carbons (Fsp3) is 0.152. The maximum Gasteiger partial charge on any atom is 0.118 e. The average Bonchev–Trinajstić information content (AvgIpc) is 2.98. The first-order chi connectivity index (χ1) is 18.1. The molecule has 0 aromatic heterocycles. The molecule has 0 fully saturated rings. The van der Waals surface area contributed by atoms with Crippen molar-refractivity contribution in [1.82, 2.24) is 0 Å². The van der Waals surface area contributed by atoms with Crippen LogP contribution in [0.15, 0.2) is 109 Å². The van der Waals surface area contributed by atoms with Gasteiger partial charge in [-0.15, -0.1) is 0 Å². The van der Waals surface area contributed by atoms with Crippen LogP contribution in [0.25, 0.3) is 11.1 Å². The summed E-state index contributed by atoms with van der Waals surface area (Å²) in [7, 11) is 6.72. The van der Waals surface area contributed by atoms with Crippen molar-refractivity contribution in [2.24, 2.45) is 0 Å². The molecule has 37 heavy (non-hydrogen) atoms. The number of ether oxygens (including phenoxy) is 4. The van der Waals surface area contributed by atoms with Gasteiger partial charge in [0, 0.05) is 0 Å². The fourth-order valence-electron chi connectivity index (χ4n) is 4.18. The van der Waals surface area contributed by atoms with Gasteiger partial charge in [0.2, 0.25) is 0 Å². The molecule has 0 radical (unpaired) electrons. The number of benzene rings is 4. The molecule has 4 heteroatoms. The lowest BCUT2D eigenvalue weighted by Gasteiger charge is -2.12. The highest BCUT2D eigenvalue weighted by Gasteiger charge is 2.09. The first kappa shape index (κ1) is 25.6. The lowest BCUT2D eigenvalue weighted by molar-refractivity contribution is 0.414. The largest absolute Gasteiger partial charge is 0.497 e. The van der Waals surface area contributed by atoms with Gasteiger partial charge >= 0.3 is 0 Å². The molecule has 0 saturated heterocycles. The average molecular weight is 493 g/mol. The minimum atomic E-state index is 0.737. The molecule has 0 bridgehead atoms. The zero-order valence-electron chi connectivity index (χ0n) is 21.7. The van der Waals surface area contributed by atoms with E-state index in [0.29, 0.717) is 0 Å². The molecular formula is C33H32O4. The van der Waals surface area contributed by atoms with E-state index in [9.17, 15) is 0 Å². The number of hydrogen-bond acceptors (Lipinski definition) is 4. The van der Waals surface area contributed by atoms with Crippen LogP contribution in [0.5, 0.6) is 23.0 Å². The highest BCUT2D eigenvalue weighted by Crippen LogP contribution is 2.30. The smallest absolute Gasteiger partial charge is 0.118 e. The number of methoxy groups -OCH3 is 4. The van der Waals surface area contributed by atoms with Gasteiger partial charge in [0.05, 0.1) is 28.4 Å². The molecular weight excluding hydrogens is 460 g/mol. The van der Waals surface area contributed by atoms with E-state index in [1.54, 1.807) is 28.4 Å². The van der Waals surface area contributed by atoms with Gasteiger partial charge in [-0.2, -0.15) is 0 Å². The van der Waals surface area contributed by atoms with Gasteiger partial charge in [-0.05, 0) is 88.4 Å². The Hall–Kier alpha value is -4.44. The normalized spacial score (nSPS) is 10.3. The Morgan fingerprint density at radius 3 is 0.811 bits per heavy atom. The standard InChI is InChI=1S/C33H32O4/c1-34-28-16-8-24(9-17-28)32(25-10-18-29(35-2)19-11-25)6-5-7-33(26-12-20-30(36-3)21-13-26)27-14-22-31(37-4)23-15-27/h6-23H,5H2,1-4H3. The van der Waals surface area contributed by atoms with Crippen molar-refractivity contribution in [3.63, 3.8) is 0 Å². The summed E-state index contributed by atoms with van der Waals surface area (Å²) < 4.78 is 21.5. The van der Waals surface area contributed by atoms with E-state index in [-0.39, 0.29) is 0 Å². The monoisotopic (exact) mass is 492 g/mol. The highest BCUT2D eigenvalue weighted by atomic mass is 16.5. The van der Waals surface area contributed by atoms with E-state index in [0.717, 1.165) is 62.8 Å². The Balaban J connectivity index is 1.74. The van der Waals surface area contributed by atoms with Crippen LogP contribution in [0.1, 0.15) is 28.7 Å². The minimum absolute atomic E-state index is 0.737. The van der Waals surface area contributed by atoms with E-state index in [1.807, 2.05) is 48.5 Å². The Labute approximate surface area is 219 Å². The van der Waals surface area contributed by atoms with Crippen molar-refractivity contribution in [3.8, 4) is 23.0 Å². The quantitative estimate of drug-likeness (QED) is 0.228. The van der Waals surface area contributed by atoms with Crippen molar-refractivity contribution < 1.29 is 18.9 Å². The zero-order chi connectivity index (χ0) is 26.0. The second-order valence-corrected chi connectivity index (χ2v) is 8.39. The number of allylic oxidation sites excluding steroid dienone is 2. The molecule has 0 aliphatic carbocycles. The first-order valence-electron chi connectivity index (χ1n) is 12.1. The van der Waals surface area contributed by atoms with Crippen LogP contribution >= 0.6 is 0 Å². The molecule has 0 N–H and O–H groups in total. The van der Waals surface area contributed by atoms with E-state index in [2.05, 4.69) is 60.7 Å². The van der Waals surface area contributed by atoms with Crippen LogP contribution in [-0.2, 0) is 0 Å². The number of rotatable bonds is 10. The molecule has 0 aliphatic rings. The second kappa shape index (κ2) is 12.5. The Bertz CT molecular complexity index is 1130. The maximum absolute atomic E-state index is 5.37. The van der Waals surface area contributed by atoms with Crippen molar-refractivity contribution in [2.75, 3.05) is 28.4 Å². The SMILES string of the molecule is COc1ccc(C(=CCC=C(c2ccc(OC)cc2)c2ccc(OC)cc2)c2ccc(OC)cc2)cc1. The highest BCUT2D eigenvalue weighted by molar-refractivity contribution is 5.82. The third-order valence-electron chi connectivity index (χ3n) is 6.25. The molecule has 0 atom stereocenters. The van der Waals surface area contributed by atoms with Crippen LogP contribution in [0.2, 0.25) is 0 Å². The summed E-state index contributed by atoms with van der Waals surface area (Å²) in [5.41, 5.74) is 6.77. The lowest BCUT2D eigenvalue weighted by atomic mass is 9.94. The van der Waals surface area contributed by atoms with Crippen LogP contribution in [-0.4, -0.2) is 28.4 Å². The first-order valence-corrected chi connectivity index (χ1v) is 12.1. The summed E-state index contributed by atoms with van der Waals surface area (Å²) in [6.07, 6.45) is 5.26. The Morgan fingerprint density at radius 1 is 0.405 bits per heavy atom. The molecule has 0 heterocycles. The third kappa shape index (κ3) is 6.42. The Kier molecular flexibility index (Phi) is 8.66. The maximum atomic E-state index is 5.37. The topological polar surface area (TPSA) is 36.9 Å². The molecule has 0 saturated carbocycles. The number of hydrogen-bond donors (Lipinski definition) is 0. The molecule has 0 aliphatic heterocycles. The second-order valence-electron chi connectivity index (χ2n) is 8.39. The van der Waals surface area contributed by atoms with Crippen LogP contribution in [0.3, 0.4) is 0 Å². The van der Waals surface area contributed by atoms with Gasteiger partial charge in [0.15, 0.2) is 0 Å². The predicted molar refractivity (Wildman–Crippen MR) is 151 cm³/mol. The van der Waals surface area contributed by atoms with Crippen molar-refractivity contribution in [2.45, 2.75) is 6.42 Å². The molecule has 0 unspecified atom stereocenters. The van der Waals surface area contributed by atoms with E-state index >= 15 is 0 Å². The summed E-state index contributed by atoms with van der Waals surface area (Å²) in [5.74, 6) is 3.33. The van der Waals surface area contributed by atoms with Gasteiger partial charge in [-0.1, -0.05) is 60.7 Å². The van der Waals surface area contributed by atoms with Gasteiger partial charge in [0.25, 0.3) is 0 Å². The predicted octanol–water partition coefficient (Wildman–Crippen LogP) is 7.67. The van der Waals surface area contributed by atoms with Gasteiger partial charge < -0.3 is 18.9 Å². The summed E-state index contributed by atoms with van der Waals surface area (Å²) in [4.78, 5) is 0. The molecule has 0 amide bonds. The van der Waals surface area contributed by atoms with Crippen molar-refractivity contribution >= 4 is 11.1 Å². The van der Waals surface area contributed by atoms with Crippen molar-refractivity contribution in [1.29, 1.82) is 0 Å². The van der Waals surface area contributed by atoms with Gasteiger partial charge in [-0.25, -0.2) is 0 Å². The van der Waals surface area contributed by atoms with Crippen molar-refractivity contribution in [3.05, 3.63) is 131 Å². The molecule has 4 nitrogen and oxygen atoms in total. The lowest BCUT2D eigenvalue weighted by Crippen LogP contribution is -1.92. The van der Waals surface area contributed by atoms with E-state index < -0.39 is 0 Å². The molecule has 0 spiro atoms. The summed E-state index contributed by atoms with van der Waals surface area (Å²) >= 11 is 0. The molecule has 188 valence electrons. The molecule has 4 aromatic rings. The summed E-state index contributed by atoms with van der Waals surface area (Å²) in [6.45, 7) is 0. The van der Waals surface area contributed by atoms with Gasteiger partial charge in [-0.3, -0.25) is 0 Å². The van der Waals surface area contributed by atoms with Crippen LogP contribution in [0, 0.1) is 0 Å².